The molecule has 0 saturated carbocycles. The first-order valence-corrected chi connectivity index (χ1v) is 6.60. The van der Waals surface area contributed by atoms with Crippen LogP contribution in [0.4, 0.5) is 0 Å². The molecule has 7 heteroatoms. The maximum Gasteiger partial charge on any atom is 0.336 e. The molecule has 7 nitrogen and oxygen atoms in total. The predicted octanol–water partition coefficient (Wildman–Crippen LogP) is 1.96. The standard InChI is InChI=1S/C15H16N2O5/c1-9-13(15(18)22-3)14(12(8-16-9)17(19)20)10-4-6-11(21-2)7-5-10/h4-8,12,14H,1-3H3/t12?,14-/m1/s1. The lowest BCUT2D eigenvalue weighted by Crippen LogP contribution is -2.35. The molecule has 1 aromatic rings. The lowest BCUT2D eigenvalue weighted by Gasteiger charge is -2.24. The minimum Gasteiger partial charge on any atom is -0.497 e. The van der Waals surface area contributed by atoms with Gasteiger partial charge in [-0.1, -0.05) is 12.1 Å². The van der Waals surface area contributed by atoms with Gasteiger partial charge in [0.05, 0.1) is 31.9 Å². The topological polar surface area (TPSA) is 91.0 Å². The first-order valence-electron chi connectivity index (χ1n) is 6.60. The quantitative estimate of drug-likeness (QED) is 0.481. The van der Waals surface area contributed by atoms with Gasteiger partial charge in [0.1, 0.15) is 5.75 Å². The number of hydrogen-bond donors (Lipinski definition) is 0. The largest absolute Gasteiger partial charge is 0.497 e. The molecule has 116 valence electrons. The highest BCUT2D eigenvalue weighted by Crippen LogP contribution is 2.35. The number of carbonyl (C=O) groups is 1. The summed E-state index contributed by atoms with van der Waals surface area (Å²) < 4.78 is 9.85. The number of aliphatic imine (C=N–C) groups is 1. The Bertz CT molecular complexity index is 648. The predicted molar refractivity (Wildman–Crippen MR) is 79.7 cm³/mol. The molecule has 2 rings (SSSR count). The monoisotopic (exact) mass is 304 g/mol. The zero-order valence-electron chi connectivity index (χ0n) is 12.5. The van der Waals surface area contributed by atoms with Crippen LogP contribution in [0.2, 0.25) is 0 Å². The summed E-state index contributed by atoms with van der Waals surface area (Å²) in [6.45, 7) is 1.63. The zero-order valence-corrected chi connectivity index (χ0v) is 12.5. The lowest BCUT2D eigenvalue weighted by molar-refractivity contribution is -0.504. The molecule has 0 N–H and O–H groups in total. The number of carbonyl (C=O) groups excluding carboxylic acids is 1. The van der Waals surface area contributed by atoms with Crippen LogP contribution < -0.4 is 4.74 Å². The number of ether oxygens (including phenoxy) is 2. The van der Waals surface area contributed by atoms with Gasteiger partial charge in [-0.25, -0.2) is 4.79 Å². The van der Waals surface area contributed by atoms with Gasteiger partial charge in [0.25, 0.3) is 6.04 Å². The average molecular weight is 304 g/mol. The highest BCUT2D eigenvalue weighted by Gasteiger charge is 2.41. The molecule has 0 fully saturated rings. The summed E-state index contributed by atoms with van der Waals surface area (Å²) in [5.74, 6) is -0.723. The van der Waals surface area contributed by atoms with E-state index in [0.29, 0.717) is 17.0 Å². The van der Waals surface area contributed by atoms with Crippen molar-refractivity contribution < 1.29 is 19.2 Å². The van der Waals surface area contributed by atoms with E-state index in [9.17, 15) is 14.9 Å². The molecule has 1 aliphatic rings. The second kappa shape index (κ2) is 6.38. The fourth-order valence-corrected chi connectivity index (χ4v) is 2.48. The molecule has 0 amide bonds. The minimum atomic E-state index is -1.12. The number of methoxy groups -OCH3 is 2. The first kappa shape index (κ1) is 15.7. The molecule has 22 heavy (non-hydrogen) atoms. The fourth-order valence-electron chi connectivity index (χ4n) is 2.48. The van der Waals surface area contributed by atoms with E-state index in [-0.39, 0.29) is 5.57 Å². The zero-order chi connectivity index (χ0) is 16.3. The number of nitro groups is 1. The number of allylic oxidation sites excluding steroid dienone is 1. The molecule has 0 bridgehead atoms. The molecule has 2 atom stereocenters. The van der Waals surface area contributed by atoms with Crippen LogP contribution in [0.1, 0.15) is 18.4 Å². The van der Waals surface area contributed by atoms with Crippen molar-refractivity contribution in [1.82, 2.24) is 0 Å². The molecule has 0 aromatic heterocycles. The summed E-state index contributed by atoms with van der Waals surface area (Å²) in [5, 5.41) is 11.3. The highest BCUT2D eigenvalue weighted by atomic mass is 16.6. The van der Waals surface area contributed by atoms with E-state index >= 15 is 0 Å². The van der Waals surface area contributed by atoms with E-state index in [1.807, 2.05) is 0 Å². The van der Waals surface area contributed by atoms with E-state index in [4.69, 9.17) is 9.47 Å². The number of benzene rings is 1. The second-order valence-corrected chi connectivity index (χ2v) is 4.80. The SMILES string of the molecule is COC(=O)C1=C(C)N=CC([N+](=O)[O-])[C@H]1c1ccc(OC)cc1. The van der Waals surface area contributed by atoms with Crippen LogP contribution in [0, 0.1) is 10.1 Å². The van der Waals surface area contributed by atoms with Crippen molar-refractivity contribution in [3.63, 3.8) is 0 Å². The van der Waals surface area contributed by atoms with Gasteiger partial charge < -0.3 is 9.47 Å². The van der Waals surface area contributed by atoms with E-state index in [1.165, 1.54) is 20.4 Å². The van der Waals surface area contributed by atoms with Crippen LogP contribution in [0.15, 0.2) is 40.5 Å². The van der Waals surface area contributed by atoms with Crippen LogP contribution in [0.25, 0.3) is 0 Å². The van der Waals surface area contributed by atoms with Crippen molar-refractivity contribution >= 4 is 12.2 Å². The van der Waals surface area contributed by atoms with Crippen LogP contribution in [-0.4, -0.2) is 37.4 Å². The van der Waals surface area contributed by atoms with Gasteiger partial charge in [-0.15, -0.1) is 0 Å². The van der Waals surface area contributed by atoms with Crippen molar-refractivity contribution in [1.29, 1.82) is 0 Å². The Labute approximate surface area is 127 Å². The van der Waals surface area contributed by atoms with Crippen molar-refractivity contribution in [3.05, 3.63) is 51.2 Å². The molecule has 0 saturated heterocycles. The summed E-state index contributed by atoms with van der Waals surface area (Å²) in [5.41, 5.74) is 1.26. The lowest BCUT2D eigenvalue weighted by atomic mass is 9.83. The maximum atomic E-state index is 12.1. The Kier molecular flexibility index (Phi) is 4.55. The first-order chi connectivity index (χ1) is 10.5. The molecule has 1 unspecified atom stereocenters. The van der Waals surface area contributed by atoms with Crippen molar-refractivity contribution in [3.8, 4) is 5.75 Å². The molecule has 0 aliphatic carbocycles. The van der Waals surface area contributed by atoms with Gasteiger partial charge in [0.15, 0.2) is 0 Å². The third-order valence-electron chi connectivity index (χ3n) is 3.59. The normalized spacial score (nSPS) is 20.7. The van der Waals surface area contributed by atoms with Gasteiger partial charge in [0.2, 0.25) is 0 Å². The van der Waals surface area contributed by atoms with Crippen LogP contribution in [0.5, 0.6) is 5.75 Å². The number of esters is 1. The van der Waals surface area contributed by atoms with Crippen molar-refractivity contribution in [2.75, 3.05) is 14.2 Å². The maximum absolute atomic E-state index is 12.1. The van der Waals surface area contributed by atoms with Crippen molar-refractivity contribution in [2.45, 2.75) is 18.9 Å². The summed E-state index contributed by atoms with van der Waals surface area (Å²) >= 11 is 0. The van der Waals surface area contributed by atoms with Crippen molar-refractivity contribution in [2.24, 2.45) is 4.99 Å². The van der Waals surface area contributed by atoms with Crippen LogP contribution in [0.3, 0.4) is 0 Å². The smallest absolute Gasteiger partial charge is 0.336 e. The number of rotatable bonds is 4. The molecule has 1 aliphatic heterocycles. The average Bonchev–Trinajstić information content (AvgIpc) is 2.53. The minimum absolute atomic E-state index is 0.205. The van der Waals surface area contributed by atoms with Gasteiger partial charge in [-0.2, -0.15) is 0 Å². The summed E-state index contributed by atoms with van der Waals surface area (Å²) in [6, 6.07) is 5.68. The molecular formula is C15H16N2O5. The van der Waals surface area contributed by atoms with E-state index < -0.39 is 22.9 Å². The van der Waals surface area contributed by atoms with Gasteiger partial charge in [-0.3, -0.25) is 15.1 Å². The number of nitrogens with zero attached hydrogens (tertiary/aromatic N) is 2. The Morgan fingerprint density at radius 1 is 1.27 bits per heavy atom. The van der Waals surface area contributed by atoms with Gasteiger partial charge in [0, 0.05) is 10.6 Å². The Morgan fingerprint density at radius 2 is 1.91 bits per heavy atom. The van der Waals surface area contributed by atoms with Gasteiger partial charge in [-0.05, 0) is 24.6 Å². The summed E-state index contributed by atoms with van der Waals surface area (Å²) in [6.07, 6.45) is 1.26. The number of hydrogen-bond acceptors (Lipinski definition) is 6. The fraction of sp³-hybridized carbons (Fsp3) is 0.333. The molecule has 1 aromatic carbocycles. The Balaban J connectivity index is 2.54. The summed E-state index contributed by atoms with van der Waals surface area (Å²) in [4.78, 5) is 26.9. The molecule has 0 spiro atoms. The van der Waals surface area contributed by atoms with Crippen LogP contribution in [-0.2, 0) is 9.53 Å². The highest BCUT2D eigenvalue weighted by molar-refractivity contribution is 5.93. The second-order valence-electron chi connectivity index (χ2n) is 4.80. The molecular weight excluding hydrogens is 288 g/mol. The van der Waals surface area contributed by atoms with E-state index in [0.717, 1.165) is 0 Å². The summed E-state index contributed by atoms with van der Waals surface area (Å²) in [7, 11) is 2.78. The molecule has 0 radical (unpaired) electrons. The van der Waals surface area contributed by atoms with Gasteiger partial charge >= 0.3 is 5.97 Å². The third kappa shape index (κ3) is 2.83. The Morgan fingerprint density at radius 3 is 2.41 bits per heavy atom. The Hall–Kier alpha value is -2.70. The van der Waals surface area contributed by atoms with Crippen LogP contribution >= 0.6 is 0 Å². The van der Waals surface area contributed by atoms with E-state index in [1.54, 1.807) is 31.2 Å². The molecule has 1 heterocycles. The third-order valence-corrected chi connectivity index (χ3v) is 3.59. The van der Waals surface area contributed by atoms with E-state index in [2.05, 4.69) is 4.99 Å².